The minimum absolute atomic E-state index is 0.0178. The number of piperidine rings is 1. The van der Waals surface area contributed by atoms with E-state index < -0.39 is 0 Å². The molecule has 1 aromatic carbocycles. The normalized spacial score (nSPS) is 26.0. The molecule has 4 rings (SSSR count). The van der Waals surface area contributed by atoms with Crippen LogP contribution in [0.3, 0.4) is 0 Å². The van der Waals surface area contributed by atoms with Gasteiger partial charge in [-0.1, -0.05) is 30.3 Å². The van der Waals surface area contributed by atoms with Crippen LogP contribution in [0.1, 0.15) is 37.7 Å². The zero-order valence-electron chi connectivity index (χ0n) is 16.8. The topological polar surface area (TPSA) is 56.2 Å². The van der Waals surface area contributed by atoms with Crippen molar-refractivity contribution in [3.8, 4) is 0 Å². The number of benzene rings is 1. The molecule has 6 heteroatoms. The van der Waals surface area contributed by atoms with Gasteiger partial charge >= 0.3 is 0 Å². The van der Waals surface area contributed by atoms with Crippen molar-refractivity contribution < 1.29 is 9.59 Å². The highest BCUT2D eigenvalue weighted by atomic mass is 16.2. The number of rotatable bonds is 4. The molecule has 0 aromatic heterocycles. The molecule has 3 aliphatic rings. The van der Waals surface area contributed by atoms with Gasteiger partial charge in [-0.2, -0.15) is 5.10 Å². The second-order valence-corrected chi connectivity index (χ2v) is 8.56. The zero-order chi connectivity index (χ0) is 19.6. The van der Waals surface area contributed by atoms with E-state index in [1.807, 2.05) is 4.90 Å². The van der Waals surface area contributed by atoms with Gasteiger partial charge in [0.1, 0.15) is 5.71 Å². The highest BCUT2D eigenvalue weighted by Gasteiger charge is 2.43. The van der Waals surface area contributed by atoms with Gasteiger partial charge in [0.15, 0.2) is 0 Å². The van der Waals surface area contributed by atoms with E-state index in [0.717, 1.165) is 45.6 Å². The summed E-state index contributed by atoms with van der Waals surface area (Å²) in [6.45, 7) is 4.95. The lowest BCUT2D eigenvalue weighted by atomic mass is 9.79. The summed E-state index contributed by atoms with van der Waals surface area (Å²) in [5.41, 5.74) is 2.15. The van der Waals surface area contributed by atoms with E-state index in [-0.39, 0.29) is 17.2 Å². The first-order valence-electron chi connectivity index (χ1n) is 10.4. The number of hydrogen-bond donors (Lipinski definition) is 0. The molecule has 3 aliphatic heterocycles. The summed E-state index contributed by atoms with van der Waals surface area (Å²) in [5, 5.41) is 5.53. The Bertz CT molecular complexity index is 763. The molecule has 2 fully saturated rings. The summed E-state index contributed by atoms with van der Waals surface area (Å²) in [5.74, 6) is 0.00779. The maximum absolute atomic E-state index is 12.9. The van der Waals surface area contributed by atoms with Crippen LogP contribution in [-0.4, -0.2) is 72.1 Å². The molecule has 1 unspecified atom stereocenters. The van der Waals surface area contributed by atoms with Crippen LogP contribution in [0.4, 0.5) is 0 Å². The zero-order valence-corrected chi connectivity index (χ0v) is 16.8. The summed E-state index contributed by atoms with van der Waals surface area (Å²) in [4.78, 5) is 29.1. The van der Waals surface area contributed by atoms with Crippen molar-refractivity contribution in [3.63, 3.8) is 0 Å². The van der Waals surface area contributed by atoms with Crippen LogP contribution >= 0.6 is 0 Å². The Kier molecular flexibility index (Phi) is 5.49. The maximum Gasteiger partial charge on any atom is 0.270 e. The van der Waals surface area contributed by atoms with Gasteiger partial charge in [-0.3, -0.25) is 9.59 Å². The fourth-order valence-corrected chi connectivity index (χ4v) is 4.88. The number of nitrogens with zero attached hydrogens (tertiary/aromatic N) is 4. The first kappa shape index (κ1) is 19.1. The van der Waals surface area contributed by atoms with E-state index >= 15 is 0 Å². The van der Waals surface area contributed by atoms with Crippen molar-refractivity contribution in [1.82, 2.24) is 14.8 Å². The predicted molar refractivity (Wildman–Crippen MR) is 109 cm³/mol. The molecule has 0 saturated carbocycles. The highest BCUT2D eigenvalue weighted by Crippen LogP contribution is 2.39. The van der Waals surface area contributed by atoms with Crippen LogP contribution in [0.15, 0.2) is 35.4 Å². The van der Waals surface area contributed by atoms with E-state index in [9.17, 15) is 9.59 Å². The lowest BCUT2D eigenvalue weighted by Crippen LogP contribution is -2.47. The Hall–Kier alpha value is -2.21. The van der Waals surface area contributed by atoms with Crippen LogP contribution in [-0.2, 0) is 16.0 Å². The molecule has 1 spiro atoms. The molecule has 0 bridgehead atoms. The Balaban J connectivity index is 1.35. The SMILES string of the molecule is CN1N=C(C(=O)N2CCC3(CCCN(CCc4ccccc4)C3)C2)CCC1=O. The van der Waals surface area contributed by atoms with Crippen LogP contribution in [0.5, 0.6) is 0 Å². The molecule has 0 aliphatic carbocycles. The maximum atomic E-state index is 12.9. The average Bonchev–Trinajstić information content (AvgIpc) is 3.12. The van der Waals surface area contributed by atoms with Crippen molar-refractivity contribution in [3.05, 3.63) is 35.9 Å². The summed E-state index contributed by atoms with van der Waals surface area (Å²) < 4.78 is 0. The minimum Gasteiger partial charge on any atom is -0.337 e. The first-order chi connectivity index (χ1) is 13.5. The number of amides is 2. The molecular weight excluding hydrogens is 352 g/mol. The Labute approximate surface area is 167 Å². The number of likely N-dealkylation sites (tertiary alicyclic amines) is 2. The second kappa shape index (κ2) is 8.03. The third-order valence-corrected chi connectivity index (χ3v) is 6.48. The Morgan fingerprint density at radius 2 is 1.93 bits per heavy atom. The molecule has 28 heavy (non-hydrogen) atoms. The van der Waals surface area contributed by atoms with E-state index in [2.05, 4.69) is 40.3 Å². The van der Waals surface area contributed by atoms with Crippen molar-refractivity contribution in [2.45, 2.75) is 38.5 Å². The lowest BCUT2D eigenvalue weighted by molar-refractivity contribution is -0.130. The molecule has 2 saturated heterocycles. The molecular formula is C22H30N4O2. The third kappa shape index (κ3) is 4.12. The summed E-state index contributed by atoms with van der Waals surface area (Å²) in [7, 11) is 1.63. The van der Waals surface area contributed by atoms with Gasteiger partial charge in [-0.05, 0) is 37.8 Å². The molecule has 150 valence electrons. The van der Waals surface area contributed by atoms with Crippen molar-refractivity contribution in [2.24, 2.45) is 10.5 Å². The number of hydrazone groups is 1. The molecule has 1 atom stereocenters. The largest absolute Gasteiger partial charge is 0.337 e. The van der Waals surface area contributed by atoms with Gasteiger partial charge in [-0.25, -0.2) is 5.01 Å². The Morgan fingerprint density at radius 1 is 1.11 bits per heavy atom. The van der Waals surface area contributed by atoms with Gasteiger partial charge in [0, 0.05) is 51.5 Å². The third-order valence-electron chi connectivity index (χ3n) is 6.48. The average molecular weight is 383 g/mol. The van der Waals surface area contributed by atoms with Gasteiger partial charge < -0.3 is 9.80 Å². The van der Waals surface area contributed by atoms with Crippen LogP contribution in [0.25, 0.3) is 0 Å². The molecule has 3 heterocycles. The summed E-state index contributed by atoms with van der Waals surface area (Å²) >= 11 is 0. The molecule has 2 amide bonds. The summed E-state index contributed by atoms with van der Waals surface area (Å²) in [6, 6.07) is 10.7. The highest BCUT2D eigenvalue weighted by molar-refractivity contribution is 6.39. The Morgan fingerprint density at radius 3 is 2.71 bits per heavy atom. The summed E-state index contributed by atoms with van der Waals surface area (Å²) in [6.07, 6.45) is 5.40. The monoisotopic (exact) mass is 382 g/mol. The molecule has 1 aromatic rings. The van der Waals surface area contributed by atoms with Crippen molar-refractivity contribution in [2.75, 3.05) is 39.8 Å². The first-order valence-corrected chi connectivity index (χ1v) is 10.4. The quantitative estimate of drug-likeness (QED) is 0.802. The lowest BCUT2D eigenvalue weighted by Gasteiger charge is -2.40. The minimum atomic E-state index is -0.0178. The van der Waals surface area contributed by atoms with Crippen LogP contribution in [0, 0.1) is 5.41 Å². The predicted octanol–water partition coefficient (Wildman–Crippen LogP) is 2.15. The van der Waals surface area contributed by atoms with E-state index in [4.69, 9.17) is 0 Å². The van der Waals surface area contributed by atoms with Gasteiger partial charge in [0.25, 0.3) is 5.91 Å². The standard InChI is InChI=1S/C22H30N4O2/c1-24-20(27)9-8-19(23-24)21(28)26-15-12-22(17-26)11-5-13-25(16-22)14-10-18-6-3-2-4-7-18/h2-4,6-7H,5,8-17H2,1H3. The van der Waals surface area contributed by atoms with Crippen LogP contribution in [0.2, 0.25) is 0 Å². The van der Waals surface area contributed by atoms with E-state index in [1.54, 1.807) is 7.05 Å². The number of hydrogen-bond acceptors (Lipinski definition) is 4. The fraction of sp³-hybridized carbons (Fsp3) is 0.591. The van der Waals surface area contributed by atoms with Crippen LogP contribution < -0.4 is 0 Å². The van der Waals surface area contributed by atoms with Gasteiger partial charge in [-0.15, -0.1) is 0 Å². The number of carbonyl (C=O) groups is 2. The number of carbonyl (C=O) groups excluding carboxylic acids is 2. The van der Waals surface area contributed by atoms with E-state index in [1.165, 1.54) is 23.4 Å². The van der Waals surface area contributed by atoms with Gasteiger partial charge in [0.2, 0.25) is 5.91 Å². The van der Waals surface area contributed by atoms with Crippen molar-refractivity contribution >= 4 is 17.5 Å². The van der Waals surface area contributed by atoms with Crippen molar-refractivity contribution in [1.29, 1.82) is 0 Å². The fourth-order valence-electron chi connectivity index (χ4n) is 4.88. The van der Waals surface area contributed by atoms with Gasteiger partial charge in [0.05, 0.1) is 0 Å². The smallest absolute Gasteiger partial charge is 0.270 e. The van der Waals surface area contributed by atoms with E-state index in [0.29, 0.717) is 18.6 Å². The second-order valence-electron chi connectivity index (χ2n) is 8.56. The molecule has 0 radical (unpaired) electrons. The molecule has 6 nitrogen and oxygen atoms in total. The molecule has 0 N–H and O–H groups in total.